The Morgan fingerprint density at radius 1 is 1.35 bits per heavy atom. The summed E-state index contributed by atoms with van der Waals surface area (Å²) in [5, 5.41) is 7.49. The molecule has 2 heterocycles. The van der Waals surface area contributed by atoms with Crippen molar-refractivity contribution >= 4 is 0 Å². The first-order valence-corrected chi connectivity index (χ1v) is 6.48. The van der Waals surface area contributed by atoms with E-state index in [9.17, 15) is 0 Å². The zero-order valence-corrected chi connectivity index (χ0v) is 10.2. The number of ether oxygens (including phenoxy) is 1. The van der Waals surface area contributed by atoms with Crippen molar-refractivity contribution in [1.82, 2.24) is 15.5 Å². The van der Waals surface area contributed by atoms with Gasteiger partial charge in [-0.15, -0.1) is 0 Å². The number of hydrogen-bond donors (Lipinski definition) is 1. The van der Waals surface area contributed by atoms with Gasteiger partial charge in [-0.3, -0.25) is 0 Å². The minimum Gasteiger partial charge on any atom is -0.373 e. The van der Waals surface area contributed by atoms with Gasteiger partial charge in [0.25, 0.3) is 0 Å². The number of rotatable bonds is 4. The van der Waals surface area contributed by atoms with Crippen molar-refractivity contribution in [2.45, 2.75) is 44.2 Å². The third-order valence-corrected chi connectivity index (χ3v) is 3.62. The van der Waals surface area contributed by atoms with E-state index in [1.165, 1.54) is 25.7 Å². The van der Waals surface area contributed by atoms with Crippen LogP contribution in [0.3, 0.4) is 0 Å². The molecule has 1 aliphatic carbocycles. The van der Waals surface area contributed by atoms with Crippen molar-refractivity contribution < 1.29 is 9.26 Å². The Bertz CT molecular complexity index is 370. The Balaban J connectivity index is 1.72. The molecule has 0 amide bonds. The molecular weight excluding hydrogens is 218 g/mol. The first-order chi connectivity index (χ1) is 8.38. The Morgan fingerprint density at radius 2 is 2.24 bits per heavy atom. The Kier molecular flexibility index (Phi) is 3.11. The van der Waals surface area contributed by atoms with Gasteiger partial charge in [0.1, 0.15) is 6.10 Å². The van der Waals surface area contributed by atoms with Crippen molar-refractivity contribution in [3.8, 4) is 0 Å². The standard InChI is InChI=1S/C12H19N3O2/c1-16-10(8-5-6-8)11-14-12(17-15-11)9-4-2-3-7-13-9/h8-10,13H,2-7H2,1H3/t9-,10?/m0/s1. The molecule has 0 bridgehead atoms. The lowest BCUT2D eigenvalue weighted by atomic mass is 10.1. The Labute approximate surface area is 101 Å². The SMILES string of the molecule is COC(c1noc([C@@H]2CCCCN2)n1)C1CC1. The number of nitrogens with one attached hydrogen (secondary N) is 1. The fourth-order valence-corrected chi connectivity index (χ4v) is 2.47. The molecule has 1 aromatic rings. The monoisotopic (exact) mass is 237 g/mol. The fourth-order valence-electron chi connectivity index (χ4n) is 2.47. The zero-order valence-electron chi connectivity index (χ0n) is 10.2. The molecule has 2 atom stereocenters. The highest BCUT2D eigenvalue weighted by molar-refractivity contribution is 5.01. The van der Waals surface area contributed by atoms with Gasteiger partial charge < -0.3 is 14.6 Å². The van der Waals surface area contributed by atoms with Crippen LogP contribution in [0.5, 0.6) is 0 Å². The van der Waals surface area contributed by atoms with E-state index in [0.29, 0.717) is 5.92 Å². The van der Waals surface area contributed by atoms with E-state index < -0.39 is 0 Å². The van der Waals surface area contributed by atoms with Gasteiger partial charge in [0, 0.05) is 7.11 Å². The highest BCUT2D eigenvalue weighted by atomic mass is 16.5. The third-order valence-electron chi connectivity index (χ3n) is 3.62. The minimum atomic E-state index is 0.0242. The maximum absolute atomic E-state index is 5.46. The molecule has 1 saturated carbocycles. The van der Waals surface area contributed by atoms with E-state index in [0.717, 1.165) is 24.7 Å². The molecule has 1 aliphatic heterocycles. The summed E-state index contributed by atoms with van der Waals surface area (Å²) in [4.78, 5) is 4.50. The van der Waals surface area contributed by atoms with Crippen molar-refractivity contribution in [3.63, 3.8) is 0 Å². The molecule has 2 fully saturated rings. The smallest absolute Gasteiger partial charge is 0.243 e. The van der Waals surface area contributed by atoms with Crippen molar-refractivity contribution in [3.05, 3.63) is 11.7 Å². The predicted octanol–water partition coefficient (Wildman–Crippen LogP) is 1.98. The first kappa shape index (κ1) is 11.2. The second kappa shape index (κ2) is 4.74. The molecule has 2 aliphatic rings. The van der Waals surface area contributed by atoms with E-state index in [2.05, 4.69) is 15.5 Å². The van der Waals surface area contributed by atoms with E-state index in [4.69, 9.17) is 9.26 Å². The molecule has 17 heavy (non-hydrogen) atoms. The van der Waals surface area contributed by atoms with Gasteiger partial charge in [-0.2, -0.15) is 4.98 Å². The lowest BCUT2D eigenvalue weighted by molar-refractivity contribution is 0.0751. The minimum absolute atomic E-state index is 0.0242. The number of aromatic nitrogens is 2. The summed E-state index contributed by atoms with van der Waals surface area (Å²) in [6, 6.07) is 0.238. The van der Waals surface area contributed by atoms with Gasteiger partial charge in [-0.25, -0.2) is 0 Å². The largest absolute Gasteiger partial charge is 0.373 e. The molecule has 0 radical (unpaired) electrons. The van der Waals surface area contributed by atoms with E-state index in [-0.39, 0.29) is 12.1 Å². The van der Waals surface area contributed by atoms with Crippen LogP contribution >= 0.6 is 0 Å². The number of piperidine rings is 1. The molecule has 0 aromatic carbocycles. The topological polar surface area (TPSA) is 60.2 Å². The summed E-state index contributed by atoms with van der Waals surface area (Å²) >= 11 is 0. The van der Waals surface area contributed by atoms with Crippen LogP contribution in [0.25, 0.3) is 0 Å². The Hall–Kier alpha value is -0.940. The molecule has 1 N–H and O–H groups in total. The number of methoxy groups -OCH3 is 1. The van der Waals surface area contributed by atoms with E-state index in [1.807, 2.05) is 0 Å². The Morgan fingerprint density at radius 3 is 2.88 bits per heavy atom. The summed E-state index contributed by atoms with van der Waals surface area (Å²) in [6.45, 7) is 1.04. The maximum Gasteiger partial charge on any atom is 0.243 e. The lowest BCUT2D eigenvalue weighted by Gasteiger charge is -2.19. The second-order valence-corrected chi connectivity index (χ2v) is 4.99. The van der Waals surface area contributed by atoms with Gasteiger partial charge in [-0.1, -0.05) is 11.6 Å². The highest BCUT2D eigenvalue weighted by Crippen LogP contribution is 2.42. The van der Waals surface area contributed by atoms with Crippen molar-refractivity contribution in [2.75, 3.05) is 13.7 Å². The van der Waals surface area contributed by atoms with Gasteiger partial charge in [-0.05, 0) is 38.1 Å². The first-order valence-electron chi connectivity index (χ1n) is 6.48. The molecule has 1 aromatic heterocycles. The van der Waals surface area contributed by atoms with Crippen LogP contribution in [0.2, 0.25) is 0 Å². The van der Waals surface area contributed by atoms with E-state index >= 15 is 0 Å². The van der Waals surface area contributed by atoms with Gasteiger partial charge in [0.2, 0.25) is 11.7 Å². The molecular formula is C12H19N3O2. The van der Waals surface area contributed by atoms with Crippen LogP contribution in [0.15, 0.2) is 4.52 Å². The van der Waals surface area contributed by atoms with Crippen LogP contribution < -0.4 is 5.32 Å². The van der Waals surface area contributed by atoms with Crippen LogP contribution in [0.1, 0.15) is 56.0 Å². The quantitative estimate of drug-likeness (QED) is 0.867. The van der Waals surface area contributed by atoms with Gasteiger partial charge in [0.05, 0.1) is 6.04 Å². The van der Waals surface area contributed by atoms with E-state index in [1.54, 1.807) is 7.11 Å². The molecule has 94 valence electrons. The average Bonchev–Trinajstić information content (AvgIpc) is 3.09. The molecule has 5 heteroatoms. The normalized spacial score (nSPS) is 27.0. The lowest BCUT2D eigenvalue weighted by Crippen LogP contribution is -2.27. The third kappa shape index (κ3) is 2.35. The predicted molar refractivity (Wildman–Crippen MR) is 61.4 cm³/mol. The summed E-state index contributed by atoms with van der Waals surface area (Å²) in [5.41, 5.74) is 0. The van der Waals surface area contributed by atoms with Crippen LogP contribution in [-0.2, 0) is 4.74 Å². The van der Waals surface area contributed by atoms with Gasteiger partial charge >= 0.3 is 0 Å². The summed E-state index contributed by atoms with van der Waals surface area (Å²) in [5.74, 6) is 2.03. The summed E-state index contributed by atoms with van der Waals surface area (Å²) in [6.07, 6.45) is 6.00. The van der Waals surface area contributed by atoms with Crippen LogP contribution in [0.4, 0.5) is 0 Å². The van der Waals surface area contributed by atoms with Crippen molar-refractivity contribution in [2.24, 2.45) is 5.92 Å². The average molecular weight is 237 g/mol. The molecule has 0 spiro atoms. The summed E-state index contributed by atoms with van der Waals surface area (Å²) in [7, 11) is 1.72. The fraction of sp³-hybridized carbons (Fsp3) is 0.833. The maximum atomic E-state index is 5.46. The van der Waals surface area contributed by atoms with Crippen LogP contribution in [0, 0.1) is 5.92 Å². The van der Waals surface area contributed by atoms with Gasteiger partial charge in [0.15, 0.2) is 0 Å². The summed E-state index contributed by atoms with van der Waals surface area (Å²) < 4.78 is 10.8. The highest BCUT2D eigenvalue weighted by Gasteiger charge is 2.36. The zero-order chi connectivity index (χ0) is 11.7. The molecule has 3 rings (SSSR count). The second-order valence-electron chi connectivity index (χ2n) is 4.99. The molecule has 5 nitrogen and oxygen atoms in total. The number of hydrogen-bond acceptors (Lipinski definition) is 5. The molecule has 1 saturated heterocycles. The van der Waals surface area contributed by atoms with Crippen molar-refractivity contribution in [1.29, 1.82) is 0 Å². The van der Waals surface area contributed by atoms with Crippen LogP contribution in [-0.4, -0.2) is 23.8 Å². The molecule has 1 unspecified atom stereocenters. The number of nitrogens with zero attached hydrogens (tertiary/aromatic N) is 2.